The van der Waals surface area contributed by atoms with Crippen molar-refractivity contribution in [2.75, 3.05) is 39.3 Å². The van der Waals surface area contributed by atoms with Crippen molar-refractivity contribution >= 4 is 35.0 Å². The molecule has 1 atom stereocenters. The number of carbonyl (C=O) groups is 2. The Kier molecular flexibility index (Phi) is 7.16. The lowest BCUT2D eigenvalue weighted by Gasteiger charge is -2.37. The van der Waals surface area contributed by atoms with Gasteiger partial charge in [-0.05, 0) is 36.1 Å². The molecule has 0 N–H and O–H groups in total. The molecule has 2 aliphatic rings. The van der Waals surface area contributed by atoms with Crippen LogP contribution in [0.3, 0.4) is 0 Å². The lowest BCUT2D eigenvalue weighted by Crippen LogP contribution is -2.52. The van der Waals surface area contributed by atoms with E-state index in [2.05, 4.69) is 4.90 Å². The van der Waals surface area contributed by atoms with E-state index in [0.29, 0.717) is 29.7 Å². The zero-order valence-electron chi connectivity index (χ0n) is 17.5. The van der Waals surface area contributed by atoms with Crippen molar-refractivity contribution in [1.82, 2.24) is 14.7 Å². The van der Waals surface area contributed by atoms with Gasteiger partial charge in [-0.25, -0.2) is 0 Å². The maximum Gasteiger partial charge on any atom is 0.242 e. The molecule has 0 aliphatic carbocycles. The molecule has 5 nitrogen and oxygen atoms in total. The Labute approximate surface area is 193 Å². The summed E-state index contributed by atoms with van der Waals surface area (Å²) in [6, 6.07) is 15.4. The molecule has 0 aromatic heterocycles. The van der Waals surface area contributed by atoms with Crippen LogP contribution in [0.1, 0.15) is 29.9 Å². The second-order valence-electron chi connectivity index (χ2n) is 8.26. The summed E-state index contributed by atoms with van der Waals surface area (Å²) >= 11 is 12.3. The maximum atomic E-state index is 13.0. The Morgan fingerprint density at radius 2 is 1.71 bits per heavy atom. The summed E-state index contributed by atoms with van der Waals surface area (Å²) in [5, 5.41) is 1.30. The van der Waals surface area contributed by atoms with Gasteiger partial charge in [0.05, 0.1) is 12.5 Å². The van der Waals surface area contributed by atoms with Gasteiger partial charge in [-0.1, -0.05) is 59.6 Å². The molecule has 2 aromatic carbocycles. The van der Waals surface area contributed by atoms with Crippen LogP contribution in [-0.4, -0.2) is 65.8 Å². The Bertz CT molecular complexity index is 930. The predicted molar refractivity (Wildman–Crippen MR) is 123 cm³/mol. The van der Waals surface area contributed by atoms with Gasteiger partial charge in [-0.15, -0.1) is 0 Å². The largest absolute Gasteiger partial charge is 0.339 e. The second-order valence-corrected chi connectivity index (χ2v) is 9.10. The Hall–Kier alpha value is -2.08. The summed E-state index contributed by atoms with van der Waals surface area (Å²) in [5.74, 6) is -0.0308. The van der Waals surface area contributed by atoms with E-state index in [4.69, 9.17) is 23.2 Å². The van der Waals surface area contributed by atoms with Crippen LogP contribution in [-0.2, 0) is 16.1 Å². The summed E-state index contributed by atoms with van der Waals surface area (Å²) in [5.41, 5.74) is 2.08. The van der Waals surface area contributed by atoms with E-state index >= 15 is 0 Å². The molecular weight excluding hydrogens is 433 g/mol. The number of amides is 2. The zero-order valence-corrected chi connectivity index (χ0v) is 19.0. The van der Waals surface area contributed by atoms with E-state index < -0.39 is 0 Å². The number of hydrogen-bond donors (Lipinski definition) is 0. The number of likely N-dealkylation sites (tertiary alicyclic amines) is 1. The quantitative estimate of drug-likeness (QED) is 0.677. The van der Waals surface area contributed by atoms with Gasteiger partial charge in [0.25, 0.3) is 0 Å². The molecule has 164 valence electrons. The van der Waals surface area contributed by atoms with Gasteiger partial charge in [0.1, 0.15) is 0 Å². The molecule has 0 radical (unpaired) electrons. The molecule has 2 aromatic rings. The smallest absolute Gasteiger partial charge is 0.242 e. The Balaban J connectivity index is 1.29. The molecule has 2 heterocycles. The van der Waals surface area contributed by atoms with Crippen molar-refractivity contribution in [3.8, 4) is 0 Å². The summed E-state index contributed by atoms with van der Waals surface area (Å²) in [6.45, 7) is 4.45. The third-order valence-corrected chi connectivity index (χ3v) is 6.78. The van der Waals surface area contributed by atoms with Crippen LogP contribution >= 0.6 is 23.2 Å². The Morgan fingerprint density at radius 1 is 0.968 bits per heavy atom. The fraction of sp³-hybridized carbons (Fsp3) is 0.417. The molecule has 2 aliphatic heterocycles. The first-order valence-corrected chi connectivity index (χ1v) is 11.5. The highest BCUT2D eigenvalue weighted by Gasteiger charge is 2.32. The highest BCUT2D eigenvalue weighted by molar-refractivity contribution is 6.35. The number of carbonyl (C=O) groups excluding carboxylic acids is 2. The van der Waals surface area contributed by atoms with Gasteiger partial charge in [0, 0.05) is 49.3 Å². The number of benzene rings is 2. The average Bonchev–Trinajstić information content (AvgIpc) is 2.78. The molecule has 7 heteroatoms. The molecule has 2 amide bonds. The number of nitrogens with zero attached hydrogens (tertiary/aromatic N) is 3. The van der Waals surface area contributed by atoms with Crippen LogP contribution < -0.4 is 0 Å². The second kappa shape index (κ2) is 10.0. The summed E-state index contributed by atoms with van der Waals surface area (Å²) in [4.78, 5) is 31.8. The van der Waals surface area contributed by atoms with Gasteiger partial charge < -0.3 is 9.80 Å². The number of rotatable bonds is 5. The molecule has 1 unspecified atom stereocenters. The molecule has 0 saturated carbocycles. The van der Waals surface area contributed by atoms with Crippen molar-refractivity contribution in [3.05, 3.63) is 69.7 Å². The van der Waals surface area contributed by atoms with E-state index in [9.17, 15) is 9.59 Å². The lowest BCUT2D eigenvalue weighted by atomic mass is 9.90. The molecule has 4 rings (SSSR count). The van der Waals surface area contributed by atoms with Crippen molar-refractivity contribution in [3.63, 3.8) is 0 Å². The third-order valence-electron chi connectivity index (χ3n) is 6.19. The highest BCUT2D eigenvalue weighted by Crippen LogP contribution is 2.28. The number of piperazine rings is 1. The van der Waals surface area contributed by atoms with Crippen LogP contribution in [0, 0.1) is 0 Å². The molecule has 31 heavy (non-hydrogen) atoms. The van der Waals surface area contributed by atoms with Crippen LogP contribution in [0.15, 0.2) is 48.5 Å². The van der Waals surface area contributed by atoms with Crippen LogP contribution in [0.25, 0.3) is 0 Å². The van der Waals surface area contributed by atoms with Crippen molar-refractivity contribution in [2.45, 2.75) is 25.3 Å². The molecule has 0 spiro atoms. The minimum absolute atomic E-state index is 0.0336. The van der Waals surface area contributed by atoms with Crippen molar-refractivity contribution in [2.24, 2.45) is 0 Å². The fourth-order valence-corrected chi connectivity index (χ4v) is 4.87. The summed E-state index contributed by atoms with van der Waals surface area (Å²) < 4.78 is 0. The molecule has 2 saturated heterocycles. The predicted octanol–water partition coefficient (Wildman–Crippen LogP) is 4.04. The first-order chi connectivity index (χ1) is 15.0. The topological polar surface area (TPSA) is 43.9 Å². The van der Waals surface area contributed by atoms with Crippen molar-refractivity contribution in [1.29, 1.82) is 0 Å². The van der Waals surface area contributed by atoms with Crippen LogP contribution in [0.2, 0.25) is 10.0 Å². The number of halogens is 2. The fourth-order valence-electron chi connectivity index (χ4n) is 4.40. The minimum Gasteiger partial charge on any atom is -0.339 e. The van der Waals surface area contributed by atoms with E-state index in [1.165, 1.54) is 0 Å². The van der Waals surface area contributed by atoms with Gasteiger partial charge in [0.2, 0.25) is 11.8 Å². The number of hydrogen-bond acceptors (Lipinski definition) is 3. The molecular formula is C24H27Cl2N3O2. The SMILES string of the molecule is O=C(CN1CCCC(c2ccccc2)C1=O)N1CCN(Cc2ccc(Cl)cc2Cl)CC1. The number of piperidine rings is 1. The molecule has 2 fully saturated rings. The average molecular weight is 460 g/mol. The Morgan fingerprint density at radius 3 is 2.42 bits per heavy atom. The summed E-state index contributed by atoms with van der Waals surface area (Å²) in [6.07, 6.45) is 1.77. The van der Waals surface area contributed by atoms with Crippen LogP contribution in [0.5, 0.6) is 0 Å². The van der Waals surface area contributed by atoms with E-state index in [1.54, 1.807) is 11.0 Å². The van der Waals surface area contributed by atoms with Gasteiger partial charge in [0.15, 0.2) is 0 Å². The normalized spacial score (nSPS) is 20.2. The highest BCUT2D eigenvalue weighted by atomic mass is 35.5. The van der Waals surface area contributed by atoms with Crippen LogP contribution in [0.4, 0.5) is 0 Å². The van der Waals surface area contributed by atoms with Gasteiger partial charge in [-0.2, -0.15) is 0 Å². The van der Waals surface area contributed by atoms with E-state index in [1.807, 2.05) is 47.4 Å². The third kappa shape index (κ3) is 5.40. The van der Waals surface area contributed by atoms with Gasteiger partial charge in [-0.3, -0.25) is 14.5 Å². The summed E-state index contributed by atoms with van der Waals surface area (Å²) in [7, 11) is 0. The monoisotopic (exact) mass is 459 g/mol. The van der Waals surface area contributed by atoms with E-state index in [0.717, 1.165) is 43.6 Å². The van der Waals surface area contributed by atoms with Crippen molar-refractivity contribution < 1.29 is 9.59 Å². The first-order valence-electron chi connectivity index (χ1n) is 10.8. The lowest BCUT2D eigenvalue weighted by molar-refractivity contribution is -0.144. The van der Waals surface area contributed by atoms with E-state index in [-0.39, 0.29) is 24.3 Å². The maximum absolute atomic E-state index is 13.0. The zero-order chi connectivity index (χ0) is 21.8. The molecule has 0 bridgehead atoms. The standard InChI is InChI=1S/C24H27Cl2N3O2/c25-20-9-8-19(22(26)15-20)16-27-11-13-28(14-12-27)23(30)17-29-10-4-7-21(24(29)31)18-5-2-1-3-6-18/h1-3,5-6,8-9,15,21H,4,7,10-14,16-17H2. The minimum atomic E-state index is -0.135. The first kappa shape index (κ1) is 22.1. The van der Waals surface area contributed by atoms with Gasteiger partial charge >= 0.3 is 0 Å².